The van der Waals surface area contributed by atoms with Crippen LogP contribution in [0.25, 0.3) is 6.08 Å². The highest BCUT2D eigenvalue weighted by atomic mass is 16.5. The molecule has 0 unspecified atom stereocenters. The third kappa shape index (κ3) is 6.70. The minimum Gasteiger partial charge on any atom is -0.493 e. The molecular weight excluding hydrogens is 342 g/mol. The molecule has 1 amide bonds. The van der Waals surface area contributed by atoms with Crippen LogP contribution in [0.3, 0.4) is 0 Å². The number of amides is 1. The molecule has 0 aliphatic heterocycles. The van der Waals surface area contributed by atoms with E-state index in [1.807, 2.05) is 56.3 Å². The molecule has 0 spiro atoms. The minimum absolute atomic E-state index is 0.127. The summed E-state index contributed by atoms with van der Waals surface area (Å²) in [5.74, 6) is 2.07. The van der Waals surface area contributed by atoms with Gasteiger partial charge in [-0.3, -0.25) is 4.79 Å². The third-order valence-electron chi connectivity index (χ3n) is 3.84. The highest BCUT2D eigenvalue weighted by molar-refractivity contribution is 5.91. The molecule has 5 nitrogen and oxygen atoms in total. The van der Waals surface area contributed by atoms with Crippen LogP contribution in [-0.4, -0.2) is 32.8 Å². The Hall–Kier alpha value is -2.95. The maximum atomic E-state index is 12.0. The van der Waals surface area contributed by atoms with E-state index in [1.165, 1.54) is 6.08 Å². The van der Waals surface area contributed by atoms with Crippen molar-refractivity contribution in [3.8, 4) is 17.2 Å². The molecule has 0 radical (unpaired) electrons. The lowest BCUT2D eigenvalue weighted by atomic mass is 10.1. The molecule has 0 fully saturated rings. The molecule has 0 atom stereocenters. The molecule has 0 aliphatic carbocycles. The summed E-state index contributed by atoms with van der Waals surface area (Å²) in [4.78, 5) is 12.0. The number of benzene rings is 2. The van der Waals surface area contributed by atoms with Gasteiger partial charge in [-0.1, -0.05) is 18.2 Å². The van der Waals surface area contributed by atoms with E-state index < -0.39 is 0 Å². The summed E-state index contributed by atoms with van der Waals surface area (Å²) in [6.07, 6.45) is 4.17. The minimum atomic E-state index is -0.127. The van der Waals surface area contributed by atoms with Crippen molar-refractivity contribution in [3.05, 3.63) is 59.7 Å². The van der Waals surface area contributed by atoms with E-state index in [4.69, 9.17) is 14.2 Å². The van der Waals surface area contributed by atoms with Crippen molar-refractivity contribution >= 4 is 12.0 Å². The third-order valence-corrected chi connectivity index (χ3v) is 3.84. The summed E-state index contributed by atoms with van der Waals surface area (Å²) < 4.78 is 16.1. The van der Waals surface area contributed by atoms with Crippen molar-refractivity contribution in [1.82, 2.24) is 5.32 Å². The zero-order chi connectivity index (χ0) is 19.6. The van der Waals surface area contributed by atoms with Gasteiger partial charge in [0.05, 0.1) is 20.3 Å². The molecular formula is C22H27NO4. The Kier molecular flexibility index (Phi) is 7.74. The average Bonchev–Trinajstić information content (AvgIpc) is 2.67. The number of ether oxygens (including phenoxy) is 3. The monoisotopic (exact) mass is 369 g/mol. The van der Waals surface area contributed by atoms with Gasteiger partial charge in [-0.2, -0.15) is 0 Å². The molecule has 144 valence electrons. The average molecular weight is 369 g/mol. The fraction of sp³-hybridized carbons (Fsp3) is 0.318. The molecule has 0 aromatic heterocycles. The van der Waals surface area contributed by atoms with E-state index in [0.29, 0.717) is 24.5 Å². The predicted molar refractivity (Wildman–Crippen MR) is 107 cm³/mol. The van der Waals surface area contributed by atoms with Crippen LogP contribution in [-0.2, 0) is 11.2 Å². The SMILES string of the molecule is COc1ccc(CCNC(=O)/C=C\c2ccc(OC(C)C)cc2)cc1OC. The summed E-state index contributed by atoms with van der Waals surface area (Å²) in [5, 5.41) is 2.88. The van der Waals surface area contributed by atoms with Crippen LogP contribution in [0, 0.1) is 0 Å². The summed E-state index contributed by atoms with van der Waals surface area (Å²) >= 11 is 0. The molecule has 0 saturated heterocycles. The Labute approximate surface area is 161 Å². The van der Waals surface area contributed by atoms with Crippen molar-refractivity contribution in [2.75, 3.05) is 20.8 Å². The van der Waals surface area contributed by atoms with Gasteiger partial charge in [-0.05, 0) is 61.7 Å². The van der Waals surface area contributed by atoms with Crippen LogP contribution in [0.15, 0.2) is 48.5 Å². The van der Waals surface area contributed by atoms with Gasteiger partial charge in [0.15, 0.2) is 11.5 Å². The Morgan fingerprint density at radius 2 is 1.74 bits per heavy atom. The number of carbonyl (C=O) groups is 1. The van der Waals surface area contributed by atoms with Gasteiger partial charge in [0.25, 0.3) is 0 Å². The first-order valence-corrected chi connectivity index (χ1v) is 8.95. The van der Waals surface area contributed by atoms with E-state index in [1.54, 1.807) is 20.3 Å². The number of hydrogen-bond donors (Lipinski definition) is 1. The number of rotatable bonds is 9. The second-order valence-corrected chi connectivity index (χ2v) is 6.30. The first kappa shape index (κ1) is 20.4. The molecule has 27 heavy (non-hydrogen) atoms. The van der Waals surface area contributed by atoms with Crippen molar-refractivity contribution < 1.29 is 19.0 Å². The van der Waals surface area contributed by atoms with E-state index in [-0.39, 0.29) is 12.0 Å². The quantitative estimate of drug-likeness (QED) is 0.682. The summed E-state index contributed by atoms with van der Waals surface area (Å²) in [7, 11) is 3.21. The molecule has 2 aromatic rings. The largest absolute Gasteiger partial charge is 0.493 e. The van der Waals surface area contributed by atoms with Gasteiger partial charge in [0.1, 0.15) is 5.75 Å². The lowest BCUT2D eigenvalue weighted by Gasteiger charge is -2.10. The van der Waals surface area contributed by atoms with Crippen LogP contribution >= 0.6 is 0 Å². The maximum absolute atomic E-state index is 12.0. The van der Waals surface area contributed by atoms with Crippen molar-refractivity contribution in [2.45, 2.75) is 26.4 Å². The summed E-state index contributed by atoms with van der Waals surface area (Å²) in [6.45, 7) is 4.51. The molecule has 2 rings (SSSR count). The standard InChI is InChI=1S/C22H27NO4/c1-16(2)27-19-9-5-17(6-10-19)8-12-22(24)23-14-13-18-7-11-20(25-3)21(15-18)26-4/h5-12,15-16H,13-14H2,1-4H3,(H,23,24)/b12-8-. The Morgan fingerprint density at radius 1 is 1.04 bits per heavy atom. The smallest absolute Gasteiger partial charge is 0.244 e. The molecule has 1 N–H and O–H groups in total. The number of hydrogen-bond acceptors (Lipinski definition) is 4. The molecule has 5 heteroatoms. The zero-order valence-electron chi connectivity index (χ0n) is 16.3. The first-order chi connectivity index (χ1) is 13.0. The van der Waals surface area contributed by atoms with E-state index in [2.05, 4.69) is 5.32 Å². The molecule has 0 aliphatic rings. The zero-order valence-corrected chi connectivity index (χ0v) is 16.3. The Morgan fingerprint density at radius 3 is 2.37 bits per heavy atom. The predicted octanol–water partition coefficient (Wildman–Crippen LogP) is 3.86. The van der Waals surface area contributed by atoms with Crippen LogP contribution in [0.5, 0.6) is 17.2 Å². The van der Waals surface area contributed by atoms with Crippen molar-refractivity contribution in [3.63, 3.8) is 0 Å². The number of carbonyl (C=O) groups excluding carboxylic acids is 1. The van der Waals surface area contributed by atoms with Gasteiger partial charge in [-0.15, -0.1) is 0 Å². The number of methoxy groups -OCH3 is 2. The van der Waals surface area contributed by atoms with Gasteiger partial charge < -0.3 is 19.5 Å². The molecule has 0 bridgehead atoms. The highest BCUT2D eigenvalue weighted by Gasteiger charge is 2.05. The molecule has 0 heterocycles. The van der Waals surface area contributed by atoms with Gasteiger partial charge >= 0.3 is 0 Å². The summed E-state index contributed by atoms with van der Waals surface area (Å²) in [6, 6.07) is 13.4. The summed E-state index contributed by atoms with van der Waals surface area (Å²) in [5.41, 5.74) is 2.01. The van der Waals surface area contributed by atoms with Crippen LogP contribution in [0.4, 0.5) is 0 Å². The van der Waals surface area contributed by atoms with Crippen LogP contribution in [0.2, 0.25) is 0 Å². The highest BCUT2D eigenvalue weighted by Crippen LogP contribution is 2.27. The molecule has 0 saturated carbocycles. The van der Waals surface area contributed by atoms with Gasteiger partial charge in [0, 0.05) is 12.6 Å². The lowest BCUT2D eigenvalue weighted by Crippen LogP contribution is -2.23. The second-order valence-electron chi connectivity index (χ2n) is 6.30. The van der Waals surface area contributed by atoms with Gasteiger partial charge in [0.2, 0.25) is 5.91 Å². The van der Waals surface area contributed by atoms with E-state index in [0.717, 1.165) is 16.9 Å². The number of nitrogens with one attached hydrogen (secondary N) is 1. The van der Waals surface area contributed by atoms with E-state index in [9.17, 15) is 4.79 Å². The Bertz CT molecular complexity index is 766. The normalized spacial score (nSPS) is 10.9. The molecule has 2 aromatic carbocycles. The van der Waals surface area contributed by atoms with Crippen molar-refractivity contribution in [2.24, 2.45) is 0 Å². The topological polar surface area (TPSA) is 56.8 Å². The van der Waals surface area contributed by atoms with Crippen molar-refractivity contribution in [1.29, 1.82) is 0 Å². The van der Waals surface area contributed by atoms with Gasteiger partial charge in [-0.25, -0.2) is 0 Å². The first-order valence-electron chi connectivity index (χ1n) is 8.95. The lowest BCUT2D eigenvalue weighted by molar-refractivity contribution is -0.116. The fourth-order valence-electron chi connectivity index (χ4n) is 2.53. The van der Waals surface area contributed by atoms with E-state index >= 15 is 0 Å². The van der Waals surface area contributed by atoms with Crippen LogP contribution in [0.1, 0.15) is 25.0 Å². The Balaban J connectivity index is 1.81. The van der Waals surface area contributed by atoms with Crippen LogP contribution < -0.4 is 19.5 Å². The fourth-order valence-corrected chi connectivity index (χ4v) is 2.53. The second kappa shape index (κ2) is 10.3. The maximum Gasteiger partial charge on any atom is 0.244 e.